The van der Waals surface area contributed by atoms with Crippen LogP contribution in [0.4, 0.5) is 4.79 Å². The van der Waals surface area contributed by atoms with Crippen LogP contribution in [0.5, 0.6) is 0 Å². The molecule has 2 aliphatic rings. The third-order valence-electron chi connectivity index (χ3n) is 4.48. The number of aliphatic hydroxyl groups excluding tert-OH is 1. The topological polar surface area (TPSA) is 49.8 Å². The summed E-state index contributed by atoms with van der Waals surface area (Å²) in [5.41, 5.74) is 0.305. The number of carbonyl (C=O) groups is 1. The van der Waals surface area contributed by atoms with Crippen molar-refractivity contribution >= 4 is 6.09 Å². The second kappa shape index (κ2) is 5.91. The van der Waals surface area contributed by atoms with Gasteiger partial charge in [0.1, 0.15) is 0 Å². The Morgan fingerprint density at radius 2 is 2.11 bits per heavy atom. The number of amides is 1. The van der Waals surface area contributed by atoms with E-state index in [4.69, 9.17) is 4.74 Å². The maximum Gasteiger partial charge on any atom is 0.409 e. The smallest absolute Gasteiger partial charge is 0.409 e. The van der Waals surface area contributed by atoms with Crippen molar-refractivity contribution in [3.05, 3.63) is 0 Å². The second-order valence-corrected chi connectivity index (χ2v) is 5.85. The fourth-order valence-corrected chi connectivity index (χ4v) is 3.19. The Morgan fingerprint density at radius 3 is 2.67 bits per heavy atom. The fraction of sp³-hybridized carbons (Fsp3) is 0.929. The summed E-state index contributed by atoms with van der Waals surface area (Å²) in [5.74, 6) is 0. The molecule has 18 heavy (non-hydrogen) atoms. The summed E-state index contributed by atoms with van der Waals surface area (Å²) in [7, 11) is 0. The molecule has 1 N–H and O–H groups in total. The predicted molar refractivity (Wildman–Crippen MR) is 69.4 cm³/mol. The molecule has 1 aliphatic heterocycles. The number of piperidine rings is 1. The third kappa shape index (κ3) is 3.16. The molecule has 0 aromatic heterocycles. The van der Waals surface area contributed by atoms with Gasteiger partial charge in [-0.3, -0.25) is 0 Å². The van der Waals surface area contributed by atoms with Gasteiger partial charge in [0.25, 0.3) is 0 Å². The van der Waals surface area contributed by atoms with Gasteiger partial charge in [-0.15, -0.1) is 0 Å². The molecular weight excluding hydrogens is 230 g/mol. The van der Waals surface area contributed by atoms with Gasteiger partial charge in [-0.2, -0.15) is 0 Å². The highest BCUT2D eigenvalue weighted by atomic mass is 16.6. The van der Waals surface area contributed by atoms with E-state index in [1.165, 1.54) is 0 Å². The molecule has 0 radical (unpaired) electrons. The minimum atomic E-state index is -0.156. The monoisotopic (exact) mass is 255 g/mol. The first-order valence-corrected chi connectivity index (χ1v) is 7.25. The minimum Gasteiger partial charge on any atom is -0.449 e. The minimum absolute atomic E-state index is 0.118. The van der Waals surface area contributed by atoms with E-state index in [0.29, 0.717) is 12.0 Å². The van der Waals surface area contributed by atoms with Gasteiger partial charge in [-0.1, -0.05) is 13.3 Å². The number of hydrogen-bond acceptors (Lipinski definition) is 3. The Balaban J connectivity index is 1.74. The first kappa shape index (κ1) is 13.7. The molecule has 0 aromatic rings. The van der Waals surface area contributed by atoms with Crippen LogP contribution in [0.3, 0.4) is 0 Å². The molecule has 0 aromatic carbocycles. The number of hydrogen-bond donors (Lipinski definition) is 1. The average Bonchev–Trinajstić information content (AvgIpc) is 2.72. The zero-order valence-corrected chi connectivity index (χ0v) is 11.4. The quantitative estimate of drug-likeness (QED) is 0.788. The first-order valence-electron chi connectivity index (χ1n) is 7.25. The lowest BCUT2D eigenvalue weighted by molar-refractivity contribution is 0.0604. The van der Waals surface area contributed by atoms with E-state index < -0.39 is 0 Å². The standard InChI is InChI=1S/C14H25NO3/c1-2-3-10-18-13(17)15-8-6-14(7-9-15)5-4-12(16)11-14/h12,16H,2-11H2,1H3. The molecule has 1 heterocycles. The summed E-state index contributed by atoms with van der Waals surface area (Å²) in [6.45, 7) is 4.20. The van der Waals surface area contributed by atoms with Gasteiger partial charge in [-0.25, -0.2) is 4.79 Å². The molecule has 0 bridgehead atoms. The predicted octanol–water partition coefficient (Wildman–Crippen LogP) is 2.55. The van der Waals surface area contributed by atoms with E-state index in [1.54, 1.807) is 0 Å². The lowest BCUT2D eigenvalue weighted by atomic mass is 9.77. The van der Waals surface area contributed by atoms with Gasteiger partial charge < -0.3 is 14.7 Å². The molecule has 4 heteroatoms. The number of aliphatic hydroxyl groups is 1. The lowest BCUT2D eigenvalue weighted by Gasteiger charge is -2.38. The van der Waals surface area contributed by atoms with Gasteiger partial charge >= 0.3 is 6.09 Å². The van der Waals surface area contributed by atoms with Crippen LogP contribution in [0.1, 0.15) is 51.9 Å². The Bertz CT molecular complexity index is 285. The van der Waals surface area contributed by atoms with Crippen molar-refractivity contribution in [1.29, 1.82) is 0 Å². The summed E-state index contributed by atoms with van der Waals surface area (Å²) >= 11 is 0. The van der Waals surface area contributed by atoms with Crippen molar-refractivity contribution in [1.82, 2.24) is 4.90 Å². The molecule has 4 nitrogen and oxygen atoms in total. The van der Waals surface area contributed by atoms with Crippen LogP contribution in [0.15, 0.2) is 0 Å². The highest BCUT2D eigenvalue weighted by Crippen LogP contribution is 2.46. The van der Waals surface area contributed by atoms with E-state index >= 15 is 0 Å². The molecule has 1 unspecified atom stereocenters. The van der Waals surface area contributed by atoms with Gasteiger partial charge in [0.05, 0.1) is 12.7 Å². The Hall–Kier alpha value is -0.770. The molecule has 1 amide bonds. The molecule has 1 aliphatic carbocycles. The molecule has 1 saturated heterocycles. The molecule has 1 atom stereocenters. The van der Waals surface area contributed by atoms with Gasteiger partial charge in [0.2, 0.25) is 0 Å². The van der Waals surface area contributed by atoms with Crippen LogP contribution in [0.25, 0.3) is 0 Å². The van der Waals surface area contributed by atoms with Crippen molar-refractivity contribution in [3.63, 3.8) is 0 Å². The van der Waals surface area contributed by atoms with E-state index in [1.807, 2.05) is 4.90 Å². The summed E-state index contributed by atoms with van der Waals surface area (Å²) in [4.78, 5) is 13.6. The maximum absolute atomic E-state index is 11.8. The largest absolute Gasteiger partial charge is 0.449 e. The van der Waals surface area contributed by atoms with E-state index in [0.717, 1.165) is 58.0 Å². The number of unbranched alkanes of at least 4 members (excludes halogenated alkanes) is 1. The summed E-state index contributed by atoms with van der Waals surface area (Å²) in [5, 5.41) is 9.66. The molecule has 2 rings (SSSR count). The van der Waals surface area contributed by atoms with Crippen molar-refractivity contribution in [2.45, 2.75) is 58.0 Å². The SMILES string of the molecule is CCCCOC(=O)N1CCC2(CCC(O)C2)CC1. The Morgan fingerprint density at radius 1 is 1.39 bits per heavy atom. The Kier molecular flexibility index (Phi) is 4.49. The molecular formula is C14H25NO3. The van der Waals surface area contributed by atoms with Crippen LogP contribution in [-0.4, -0.2) is 41.9 Å². The van der Waals surface area contributed by atoms with Gasteiger partial charge in [0, 0.05) is 13.1 Å². The molecule has 1 spiro atoms. The average molecular weight is 255 g/mol. The number of likely N-dealkylation sites (tertiary alicyclic amines) is 1. The number of carbonyl (C=O) groups excluding carboxylic acids is 1. The second-order valence-electron chi connectivity index (χ2n) is 5.85. The van der Waals surface area contributed by atoms with Crippen LogP contribution >= 0.6 is 0 Å². The van der Waals surface area contributed by atoms with Crippen LogP contribution in [0.2, 0.25) is 0 Å². The van der Waals surface area contributed by atoms with Crippen LogP contribution in [-0.2, 0) is 4.74 Å². The van der Waals surface area contributed by atoms with Crippen molar-refractivity contribution < 1.29 is 14.6 Å². The van der Waals surface area contributed by atoms with Crippen molar-refractivity contribution in [2.75, 3.05) is 19.7 Å². The number of ether oxygens (including phenoxy) is 1. The zero-order chi connectivity index (χ0) is 13.0. The Labute approximate surface area is 109 Å². The van der Waals surface area contributed by atoms with Crippen molar-refractivity contribution in [2.24, 2.45) is 5.41 Å². The highest BCUT2D eigenvalue weighted by Gasteiger charge is 2.41. The van der Waals surface area contributed by atoms with E-state index in [-0.39, 0.29) is 12.2 Å². The first-order chi connectivity index (χ1) is 8.65. The van der Waals surface area contributed by atoms with Gasteiger partial charge in [0.15, 0.2) is 0 Å². The molecule has 2 fully saturated rings. The third-order valence-corrected chi connectivity index (χ3v) is 4.48. The zero-order valence-electron chi connectivity index (χ0n) is 11.4. The summed E-state index contributed by atoms with van der Waals surface area (Å²) < 4.78 is 5.23. The van der Waals surface area contributed by atoms with E-state index in [9.17, 15) is 9.90 Å². The van der Waals surface area contributed by atoms with Crippen LogP contribution in [0, 0.1) is 5.41 Å². The summed E-state index contributed by atoms with van der Waals surface area (Å²) in [6.07, 6.45) is 6.73. The number of rotatable bonds is 3. The molecule has 104 valence electrons. The fourth-order valence-electron chi connectivity index (χ4n) is 3.19. The lowest BCUT2D eigenvalue weighted by Crippen LogP contribution is -2.42. The van der Waals surface area contributed by atoms with E-state index in [2.05, 4.69) is 6.92 Å². The molecule has 1 saturated carbocycles. The summed E-state index contributed by atoms with van der Waals surface area (Å²) in [6, 6.07) is 0. The normalized spacial score (nSPS) is 26.6. The van der Waals surface area contributed by atoms with Crippen molar-refractivity contribution in [3.8, 4) is 0 Å². The maximum atomic E-state index is 11.8. The van der Waals surface area contributed by atoms with Gasteiger partial charge in [-0.05, 0) is 43.9 Å². The van der Waals surface area contributed by atoms with Crippen LogP contribution < -0.4 is 0 Å². The highest BCUT2D eigenvalue weighted by molar-refractivity contribution is 5.67. The number of nitrogens with zero attached hydrogens (tertiary/aromatic N) is 1.